The fourth-order valence-corrected chi connectivity index (χ4v) is 4.52. The minimum Gasteiger partial charge on any atom is -0.342 e. The molecule has 35 heavy (non-hydrogen) atoms. The van der Waals surface area contributed by atoms with Gasteiger partial charge in [-0.05, 0) is 67.6 Å². The van der Waals surface area contributed by atoms with Crippen LogP contribution in [0.25, 0.3) is 0 Å². The Morgan fingerprint density at radius 2 is 1.77 bits per heavy atom. The maximum Gasteiger partial charge on any atom is 0.267 e. The third-order valence-electron chi connectivity index (χ3n) is 6.12. The van der Waals surface area contributed by atoms with Gasteiger partial charge in [-0.25, -0.2) is 8.78 Å². The normalized spacial score (nSPS) is 13.7. The zero-order valence-corrected chi connectivity index (χ0v) is 19.9. The number of nitrogens with zero attached hydrogens (tertiary/aromatic N) is 2. The third-order valence-corrected chi connectivity index (χ3v) is 6.37. The summed E-state index contributed by atoms with van der Waals surface area (Å²) in [6, 6.07) is 8.43. The zero-order chi connectivity index (χ0) is 25.1. The second kappa shape index (κ2) is 10.4. The zero-order valence-electron chi connectivity index (χ0n) is 19.1. The number of fused-ring (bicyclic) bond motifs is 1. The Labute approximate surface area is 205 Å². The van der Waals surface area contributed by atoms with Gasteiger partial charge in [0.2, 0.25) is 11.8 Å². The molecule has 1 unspecified atom stereocenters. The first-order chi connectivity index (χ1) is 16.7. The number of halogens is 3. The lowest BCUT2D eigenvalue weighted by Crippen LogP contribution is -2.49. The van der Waals surface area contributed by atoms with Crippen LogP contribution in [0, 0.1) is 11.6 Å². The van der Waals surface area contributed by atoms with Crippen LogP contribution in [0.2, 0.25) is 5.02 Å². The molecule has 184 valence electrons. The summed E-state index contributed by atoms with van der Waals surface area (Å²) in [6.45, 7) is -0.184. The molecule has 10 heteroatoms. The van der Waals surface area contributed by atoms with E-state index < -0.39 is 29.5 Å². The van der Waals surface area contributed by atoms with E-state index in [1.54, 1.807) is 24.3 Å². The Balaban J connectivity index is 1.57. The molecule has 1 aromatic heterocycles. The van der Waals surface area contributed by atoms with Gasteiger partial charge >= 0.3 is 0 Å². The number of nitrogens with one attached hydrogen (secondary N) is 2. The predicted molar refractivity (Wildman–Crippen MR) is 129 cm³/mol. The summed E-state index contributed by atoms with van der Waals surface area (Å²) in [6.07, 6.45) is 3.06. The molecule has 0 aliphatic heterocycles. The molecule has 0 saturated carbocycles. The van der Waals surface area contributed by atoms with Crippen LogP contribution in [0.4, 0.5) is 14.5 Å². The van der Waals surface area contributed by atoms with Crippen molar-refractivity contribution in [3.05, 3.63) is 86.3 Å². The van der Waals surface area contributed by atoms with E-state index in [0.717, 1.165) is 36.7 Å². The number of hydrogen-bond acceptors (Lipinski definition) is 3. The average Bonchev–Trinajstić information content (AvgIpc) is 3.12. The number of H-pyrrole nitrogens is 1. The van der Waals surface area contributed by atoms with Gasteiger partial charge in [-0.3, -0.25) is 24.2 Å². The Hall–Kier alpha value is -3.46. The SMILES string of the molecule is CN(C(=O)C(Cc1cc(F)cc(F)c1)NC(=O)Cn1[nH]c(=O)c2c1CCCC2)c1ccc(Cl)cc1. The van der Waals surface area contributed by atoms with E-state index in [-0.39, 0.29) is 24.1 Å². The van der Waals surface area contributed by atoms with Gasteiger partial charge in [-0.1, -0.05) is 11.6 Å². The number of likely N-dealkylation sites (N-methyl/N-ethyl adjacent to an activating group) is 1. The molecule has 1 aliphatic carbocycles. The van der Waals surface area contributed by atoms with E-state index in [9.17, 15) is 23.2 Å². The molecule has 0 saturated heterocycles. The molecule has 1 heterocycles. The second-order valence-electron chi connectivity index (χ2n) is 8.64. The highest BCUT2D eigenvalue weighted by Gasteiger charge is 2.27. The van der Waals surface area contributed by atoms with Crippen molar-refractivity contribution in [2.24, 2.45) is 0 Å². The van der Waals surface area contributed by atoms with Crippen LogP contribution < -0.4 is 15.8 Å². The third kappa shape index (κ3) is 5.79. The van der Waals surface area contributed by atoms with Gasteiger partial charge in [0, 0.05) is 41.5 Å². The number of amides is 2. The van der Waals surface area contributed by atoms with Gasteiger partial charge in [0.1, 0.15) is 24.2 Å². The van der Waals surface area contributed by atoms with E-state index in [4.69, 9.17) is 11.6 Å². The molecule has 2 amide bonds. The van der Waals surface area contributed by atoms with Crippen LogP contribution in [-0.4, -0.2) is 34.7 Å². The molecule has 3 aromatic rings. The van der Waals surface area contributed by atoms with Gasteiger partial charge in [0.05, 0.1) is 0 Å². The molecule has 0 fully saturated rings. The number of rotatable bonds is 7. The van der Waals surface area contributed by atoms with Gasteiger partial charge in [0.25, 0.3) is 5.56 Å². The Morgan fingerprint density at radius 3 is 2.46 bits per heavy atom. The molecule has 1 aliphatic rings. The van der Waals surface area contributed by atoms with E-state index in [2.05, 4.69) is 10.4 Å². The largest absolute Gasteiger partial charge is 0.342 e. The number of carbonyl (C=O) groups is 2. The van der Waals surface area contributed by atoms with Gasteiger partial charge in [-0.15, -0.1) is 0 Å². The first-order valence-corrected chi connectivity index (χ1v) is 11.7. The molecule has 0 radical (unpaired) electrons. The number of benzene rings is 2. The Bertz CT molecular complexity index is 1280. The topological polar surface area (TPSA) is 87.2 Å². The van der Waals surface area contributed by atoms with Crippen LogP contribution in [0.5, 0.6) is 0 Å². The molecular weight excluding hydrogens is 478 g/mol. The molecule has 4 rings (SSSR count). The molecule has 1 atom stereocenters. The summed E-state index contributed by atoms with van der Waals surface area (Å²) in [5.41, 5.74) is 2.03. The Morgan fingerprint density at radius 1 is 1.11 bits per heavy atom. The van der Waals surface area contributed by atoms with Crippen molar-refractivity contribution in [1.29, 1.82) is 0 Å². The first kappa shape index (κ1) is 24.7. The Kier molecular flexibility index (Phi) is 7.35. The predicted octanol–water partition coefficient (Wildman–Crippen LogP) is 3.38. The smallest absolute Gasteiger partial charge is 0.267 e. The summed E-state index contributed by atoms with van der Waals surface area (Å²) in [5.74, 6) is -2.54. The quantitative estimate of drug-likeness (QED) is 0.519. The standard InChI is InChI=1S/C25H25ClF2N4O3/c1-31(19-8-6-16(26)7-9-19)25(35)21(12-15-10-17(27)13-18(28)11-15)29-23(33)14-32-22-5-3-2-4-20(22)24(34)30-32/h6-11,13,21H,2-5,12,14H2,1H3,(H,29,33)(H,30,34). The maximum absolute atomic E-state index is 13.8. The monoisotopic (exact) mass is 502 g/mol. The van der Waals surface area contributed by atoms with Crippen LogP contribution in [-0.2, 0) is 35.4 Å². The van der Waals surface area contributed by atoms with Crippen molar-refractivity contribution in [1.82, 2.24) is 15.1 Å². The van der Waals surface area contributed by atoms with E-state index in [1.165, 1.54) is 16.6 Å². The summed E-state index contributed by atoms with van der Waals surface area (Å²) in [7, 11) is 1.54. The number of aromatic amines is 1. The van der Waals surface area contributed by atoms with Crippen LogP contribution in [0.3, 0.4) is 0 Å². The minimum absolute atomic E-state index is 0.127. The lowest BCUT2D eigenvalue weighted by Gasteiger charge is -2.25. The van der Waals surface area contributed by atoms with Crippen LogP contribution in [0.15, 0.2) is 47.3 Å². The van der Waals surface area contributed by atoms with Gasteiger partial charge < -0.3 is 10.2 Å². The van der Waals surface area contributed by atoms with Crippen molar-refractivity contribution in [2.75, 3.05) is 11.9 Å². The summed E-state index contributed by atoms with van der Waals surface area (Å²) in [5, 5.41) is 5.89. The summed E-state index contributed by atoms with van der Waals surface area (Å²) >= 11 is 5.93. The molecule has 2 N–H and O–H groups in total. The van der Waals surface area contributed by atoms with E-state index in [1.807, 2.05) is 0 Å². The minimum atomic E-state index is -1.11. The van der Waals surface area contributed by atoms with Crippen LogP contribution >= 0.6 is 11.6 Å². The highest BCUT2D eigenvalue weighted by atomic mass is 35.5. The van der Waals surface area contributed by atoms with E-state index in [0.29, 0.717) is 29.1 Å². The van der Waals surface area contributed by atoms with Gasteiger partial charge in [-0.2, -0.15) is 0 Å². The van der Waals surface area contributed by atoms with Crippen molar-refractivity contribution < 1.29 is 18.4 Å². The van der Waals surface area contributed by atoms with Crippen molar-refractivity contribution in [3.63, 3.8) is 0 Å². The van der Waals surface area contributed by atoms with Crippen molar-refractivity contribution in [3.8, 4) is 0 Å². The van der Waals surface area contributed by atoms with E-state index >= 15 is 0 Å². The van der Waals surface area contributed by atoms with Gasteiger partial charge in [0.15, 0.2) is 0 Å². The highest BCUT2D eigenvalue weighted by molar-refractivity contribution is 6.30. The average molecular weight is 503 g/mol. The number of aromatic nitrogens is 2. The van der Waals surface area contributed by atoms with Crippen molar-refractivity contribution in [2.45, 2.75) is 44.7 Å². The summed E-state index contributed by atoms with van der Waals surface area (Å²) in [4.78, 5) is 39.9. The number of carbonyl (C=O) groups excluding carboxylic acids is 2. The number of anilines is 1. The molecule has 7 nitrogen and oxygen atoms in total. The fraction of sp³-hybridized carbons (Fsp3) is 0.320. The number of hydrogen-bond donors (Lipinski definition) is 2. The summed E-state index contributed by atoms with van der Waals surface area (Å²) < 4.78 is 29.1. The molecule has 2 aromatic carbocycles. The second-order valence-corrected chi connectivity index (χ2v) is 9.07. The molecular formula is C25H25ClF2N4O3. The fourth-order valence-electron chi connectivity index (χ4n) is 4.40. The first-order valence-electron chi connectivity index (χ1n) is 11.3. The lowest BCUT2D eigenvalue weighted by molar-refractivity contribution is -0.127. The molecule has 0 bridgehead atoms. The maximum atomic E-state index is 13.8. The molecule has 0 spiro atoms. The van der Waals surface area contributed by atoms with Crippen LogP contribution in [0.1, 0.15) is 29.7 Å². The lowest BCUT2D eigenvalue weighted by atomic mass is 9.98. The highest BCUT2D eigenvalue weighted by Crippen LogP contribution is 2.20. The van der Waals surface area contributed by atoms with Crippen molar-refractivity contribution >= 4 is 29.1 Å².